The average molecular weight is 285 g/mol. The number of benzene rings is 1. The second-order valence-electron chi connectivity index (χ2n) is 4.78. The van der Waals surface area contributed by atoms with E-state index in [1.54, 1.807) is 7.11 Å². The van der Waals surface area contributed by atoms with Gasteiger partial charge in [-0.25, -0.2) is 4.98 Å². The van der Waals surface area contributed by atoms with Gasteiger partial charge in [0.05, 0.1) is 19.0 Å². The normalized spacial score (nSPS) is 10.2. The van der Waals surface area contributed by atoms with E-state index in [0.717, 1.165) is 36.9 Å². The number of pyridine rings is 1. The number of hydrogen-bond donors (Lipinski definition) is 1. The first kappa shape index (κ1) is 15.2. The van der Waals surface area contributed by atoms with Crippen molar-refractivity contribution in [3.63, 3.8) is 0 Å². The molecular weight excluding hydrogens is 262 g/mol. The highest BCUT2D eigenvalue weighted by Gasteiger charge is 2.03. The lowest BCUT2D eigenvalue weighted by Crippen LogP contribution is -2.22. The van der Waals surface area contributed by atoms with Gasteiger partial charge in [-0.3, -0.25) is 0 Å². The smallest absolute Gasteiger partial charge is 0.128 e. The third-order valence-corrected chi connectivity index (χ3v) is 3.47. The van der Waals surface area contributed by atoms with Gasteiger partial charge >= 0.3 is 0 Å². The topological polar surface area (TPSA) is 37.4 Å². The minimum absolute atomic E-state index is 0.753. The lowest BCUT2D eigenvalue weighted by molar-refractivity contribution is 0.414. The third kappa shape index (κ3) is 4.12. The van der Waals surface area contributed by atoms with Gasteiger partial charge in [0, 0.05) is 19.6 Å². The summed E-state index contributed by atoms with van der Waals surface area (Å²) < 4.78 is 5.23. The van der Waals surface area contributed by atoms with Gasteiger partial charge in [0.25, 0.3) is 0 Å². The van der Waals surface area contributed by atoms with Gasteiger partial charge in [-0.1, -0.05) is 12.1 Å². The minimum atomic E-state index is 0.753. The fourth-order valence-corrected chi connectivity index (χ4v) is 2.21. The van der Waals surface area contributed by atoms with Crippen LogP contribution in [0.15, 0.2) is 42.6 Å². The number of nitrogens with one attached hydrogen (secondary N) is 1. The van der Waals surface area contributed by atoms with Crippen LogP contribution >= 0.6 is 0 Å². The molecule has 0 saturated carbocycles. The first-order valence-electron chi connectivity index (χ1n) is 7.34. The summed E-state index contributed by atoms with van der Waals surface area (Å²) in [6, 6.07) is 12.2. The number of aromatic nitrogens is 1. The van der Waals surface area contributed by atoms with Crippen LogP contribution in [0, 0.1) is 0 Å². The van der Waals surface area contributed by atoms with E-state index in [2.05, 4.69) is 47.2 Å². The van der Waals surface area contributed by atoms with Gasteiger partial charge in [0.2, 0.25) is 0 Å². The molecular formula is C17H23N3O. The Balaban J connectivity index is 1.97. The third-order valence-electron chi connectivity index (χ3n) is 3.47. The van der Waals surface area contributed by atoms with Crippen molar-refractivity contribution in [3.05, 3.63) is 48.2 Å². The molecule has 0 saturated heterocycles. The Morgan fingerprint density at radius 2 is 1.95 bits per heavy atom. The second-order valence-corrected chi connectivity index (χ2v) is 4.78. The minimum Gasteiger partial charge on any atom is -0.497 e. The lowest BCUT2D eigenvalue weighted by atomic mass is 10.2. The highest BCUT2D eigenvalue weighted by atomic mass is 16.5. The van der Waals surface area contributed by atoms with Crippen molar-refractivity contribution in [2.45, 2.75) is 20.4 Å². The highest BCUT2D eigenvalue weighted by molar-refractivity contribution is 5.49. The summed E-state index contributed by atoms with van der Waals surface area (Å²) in [6.45, 7) is 6.98. The highest BCUT2D eigenvalue weighted by Crippen LogP contribution is 2.16. The Labute approximate surface area is 126 Å². The van der Waals surface area contributed by atoms with E-state index < -0.39 is 0 Å². The van der Waals surface area contributed by atoms with Crippen molar-refractivity contribution in [1.29, 1.82) is 0 Å². The molecule has 4 nitrogen and oxygen atoms in total. The summed E-state index contributed by atoms with van der Waals surface area (Å²) in [6.07, 6.45) is 1.88. The van der Waals surface area contributed by atoms with Gasteiger partial charge in [0.15, 0.2) is 0 Å². The number of nitrogens with zero attached hydrogens (tertiary/aromatic N) is 2. The van der Waals surface area contributed by atoms with E-state index in [1.165, 1.54) is 5.56 Å². The zero-order valence-corrected chi connectivity index (χ0v) is 13.0. The molecule has 0 amide bonds. The van der Waals surface area contributed by atoms with Crippen LogP contribution in [0.2, 0.25) is 0 Å². The molecule has 21 heavy (non-hydrogen) atoms. The molecule has 1 heterocycles. The van der Waals surface area contributed by atoms with Gasteiger partial charge in [-0.2, -0.15) is 0 Å². The largest absolute Gasteiger partial charge is 0.497 e. The first-order chi connectivity index (χ1) is 10.3. The van der Waals surface area contributed by atoms with Gasteiger partial charge in [-0.15, -0.1) is 0 Å². The van der Waals surface area contributed by atoms with Crippen LogP contribution in [0.3, 0.4) is 0 Å². The van der Waals surface area contributed by atoms with E-state index in [4.69, 9.17) is 4.74 Å². The van der Waals surface area contributed by atoms with Crippen LogP contribution in [-0.4, -0.2) is 25.2 Å². The average Bonchev–Trinajstić information content (AvgIpc) is 2.55. The van der Waals surface area contributed by atoms with Gasteiger partial charge in [-0.05, 0) is 43.7 Å². The van der Waals surface area contributed by atoms with Crippen molar-refractivity contribution in [3.8, 4) is 5.75 Å². The molecule has 2 rings (SSSR count). The quantitative estimate of drug-likeness (QED) is 0.844. The zero-order valence-electron chi connectivity index (χ0n) is 13.0. The monoisotopic (exact) mass is 285 g/mol. The maximum absolute atomic E-state index is 5.23. The summed E-state index contributed by atoms with van der Waals surface area (Å²) in [5, 5.41) is 3.38. The number of hydrogen-bond acceptors (Lipinski definition) is 4. The van der Waals surface area contributed by atoms with E-state index in [1.807, 2.05) is 24.4 Å². The van der Waals surface area contributed by atoms with Crippen LogP contribution in [0.25, 0.3) is 0 Å². The lowest BCUT2D eigenvalue weighted by Gasteiger charge is -2.19. The molecule has 1 aromatic heterocycles. The zero-order chi connectivity index (χ0) is 15.1. The molecule has 0 fully saturated rings. The fraction of sp³-hybridized carbons (Fsp3) is 0.353. The summed E-state index contributed by atoms with van der Waals surface area (Å²) >= 11 is 0. The Hall–Kier alpha value is -2.23. The van der Waals surface area contributed by atoms with E-state index >= 15 is 0 Å². The molecule has 0 aliphatic rings. The van der Waals surface area contributed by atoms with Crippen molar-refractivity contribution in [1.82, 2.24) is 4.98 Å². The fourth-order valence-electron chi connectivity index (χ4n) is 2.21. The van der Waals surface area contributed by atoms with Crippen LogP contribution in [0.1, 0.15) is 19.4 Å². The Morgan fingerprint density at radius 1 is 1.14 bits per heavy atom. The van der Waals surface area contributed by atoms with E-state index in [9.17, 15) is 0 Å². The maximum Gasteiger partial charge on any atom is 0.128 e. The predicted octanol–water partition coefficient (Wildman–Crippen LogP) is 3.55. The number of ether oxygens (including phenoxy) is 1. The van der Waals surface area contributed by atoms with Crippen molar-refractivity contribution >= 4 is 11.5 Å². The van der Waals surface area contributed by atoms with Crippen LogP contribution in [-0.2, 0) is 6.54 Å². The summed E-state index contributed by atoms with van der Waals surface area (Å²) in [5.41, 5.74) is 2.20. The van der Waals surface area contributed by atoms with Gasteiger partial charge < -0.3 is 15.0 Å². The molecule has 0 atom stereocenters. The molecule has 0 aliphatic carbocycles. The second kappa shape index (κ2) is 7.53. The summed E-state index contributed by atoms with van der Waals surface area (Å²) in [7, 11) is 1.68. The van der Waals surface area contributed by atoms with E-state index in [0.29, 0.717) is 0 Å². The Bertz CT molecular complexity index is 550. The van der Waals surface area contributed by atoms with Crippen molar-refractivity contribution in [2.75, 3.05) is 30.4 Å². The molecule has 2 aromatic rings. The number of rotatable bonds is 7. The molecule has 1 aromatic carbocycles. The number of anilines is 2. The van der Waals surface area contributed by atoms with Gasteiger partial charge in [0.1, 0.15) is 11.6 Å². The van der Waals surface area contributed by atoms with Crippen LogP contribution in [0.4, 0.5) is 11.5 Å². The number of methoxy groups -OCH3 is 1. The van der Waals surface area contributed by atoms with E-state index in [-0.39, 0.29) is 0 Å². The summed E-state index contributed by atoms with van der Waals surface area (Å²) in [4.78, 5) is 6.73. The first-order valence-corrected chi connectivity index (χ1v) is 7.34. The molecule has 0 aliphatic heterocycles. The SMILES string of the molecule is CCN(CC)c1ccc(NCc2cccc(OC)c2)cn1. The molecule has 4 heteroatoms. The molecule has 0 spiro atoms. The molecule has 0 radical (unpaired) electrons. The molecule has 0 unspecified atom stereocenters. The Kier molecular flexibility index (Phi) is 5.43. The Morgan fingerprint density at radius 3 is 2.57 bits per heavy atom. The van der Waals surface area contributed by atoms with Crippen LogP contribution < -0.4 is 15.0 Å². The standard InChI is InChI=1S/C17H23N3O/c1-4-20(5-2)17-10-9-15(13-19-17)18-12-14-7-6-8-16(11-14)21-3/h6-11,13,18H,4-5,12H2,1-3H3. The maximum atomic E-state index is 5.23. The molecule has 0 bridgehead atoms. The predicted molar refractivity (Wildman–Crippen MR) is 88.1 cm³/mol. The molecule has 112 valence electrons. The summed E-state index contributed by atoms with van der Waals surface area (Å²) in [5.74, 6) is 1.90. The molecule has 1 N–H and O–H groups in total. The van der Waals surface area contributed by atoms with Crippen molar-refractivity contribution in [2.24, 2.45) is 0 Å². The van der Waals surface area contributed by atoms with Crippen molar-refractivity contribution < 1.29 is 4.74 Å². The van der Waals surface area contributed by atoms with Crippen LogP contribution in [0.5, 0.6) is 5.75 Å².